The van der Waals surface area contributed by atoms with E-state index in [2.05, 4.69) is 0 Å². The Hall–Kier alpha value is -3.15. The fourth-order valence-corrected chi connectivity index (χ4v) is 3.06. The van der Waals surface area contributed by atoms with Gasteiger partial charge in [0.25, 0.3) is 0 Å². The Labute approximate surface area is 164 Å². The SMILES string of the molecule is COc1ccc(C2CC(=O)c3c(O)cc(OCC=C(C)C)cc3O2)c(OC)c1. The molecule has 6 nitrogen and oxygen atoms in total. The van der Waals surface area contributed by atoms with Crippen LogP contribution in [0.2, 0.25) is 0 Å². The number of benzene rings is 2. The molecule has 148 valence electrons. The van der Waals surface area contributed by atoms with E-state index in [9.17, 15) is 9.90 Å². The summed E-state index contributed by atoms with van der Waals surface area (Å²) < 4.78 is 22.4. The predicted molar refractivity (Wildman–Crippen MR) is 105 cm³/mol. The van der Waals surface area contributed by atoms with Crippen molar-refractivity contribution in [3.63, 3.8) is 0 Å². The van der Waals surface area contributed by atoms with Crippen LogP contribution in [0.5, 0.6) is 28.7 Å². The molecule has 2 aromatic rings. The van der Waals surface area contributed by atoms with Gasteiger partial charge in [-0.25, -0.2) is 0 Å². The molecular formula is C22H24O6. The third-order valence-electron chi connectivity index (χ3n) is 4.50. The second-order valence-corrected chi connectivity index (χ2v) is 6.75. The molecule has 0 fully saturated rings. The first-order valence-electron chi connectivity index (χ1n) is 8.98. The van der Waals surface area contributed by atoms with Gasteiger partial charge in [-0.15, -0.1) is 0 Å². The van der Waals surface area contributed by atoms with Crippen molar-refractivity contribution >= 4 is 5.78 Å². The molecule has 6 heteroatoms. The van der Waals surface area contributed by atoms with Crippen LogP contribution in [-0.2, 0) is 0 Å². The lowest BCUT2D eigenvalue weighted by Gasteiger charge is -2.27. The number of ketones is 1. The number of Topliss-reactive ketones (excluding diaryl/α,β-unsaturated/α-hetero) is 1. The number of phenolic OH excluding ortho intramolecular Hbond substituents is 1. The zero-order valence-corrected chi connectivity index (χ0v) is 16.4. The first kappa shape index (κ1) is 19.6. The van der Waals surface area contributed by atoms with Gasteiger partial charge in [0, 0.05) is 23.8 Å². The molecule has 1 unspecified atom stereocenters. The topological polar surface area (TPSA) is 74.2 Å². The summed E-state index contributed by atoms with van der Waals surface area (Å²) in [4.78, 5) is 12.7. The average molecular weight is 384 g/mol. The number of aromatic hydroxyl groups is 1. The van der Waals surface area contributed by atoms with Crippen molar-refractivity contribution in [2.45, 2.75) is 26.4 Å². The number of ether oxygens (including phenoxy) is 4. The van der Waals surface area contributed by atoms with E-state index in [1.54, 1.807) is 32.4 Å². The molecule has 0 bridgehead atoms. The Morgan fingerprint density at radius 2 is 1.96 bits per heavy atom. The highest BCUT2D eigenvalue weighted by Crippen LogP contribution is 2.44. The number of methoxy groups -OCH3 is 2. The molecule has 3 rings (SSSR count). The number of hydrogen-bond acceptors (Lipinski definition) is 6. The summed E-state index contributed by atoms with van der Waals surface area (Å²) in [6.07, 6.45) is 1.49. The fourth-order valence-electron chi connectivity index (χ4n) is 3.06. The minimum Gasteiger partial charge on any atom is -0.507 e. The van der Waals surface area contributed by atoms with Crippen molar-refractivity contribution in [1.82, 2.24) is 0 Å². The molecule has 1 heterocycles. The number of fused-ring (bicyclic) bond motifs is 1. The quantitative estimate of drug-likeness (QED) is 0.741. The second kappa shape index (κ2) is 8.25. The zero-order valence-electron chi connectivity index (χ0n) is 16.4. The lowest BCUT2D eigenvalue weighted by atomic mass is 9.95. The summed E-state index contributed by atoms with van der Waals surface area (Å²) in [5.74, 6) is 1.61. The van der Waals surface area contributed by atoms with E-state index in [1.165, 1.54) is 6.07 Å². The van der Waals surface area contributed by atoms with Crippen LogP contribution in [0.4, 0.5) is 0 Å². The van der Waals surface area contributed by atoms with Gasteiger partial charge < -0.3 is 24.1 Å². The number of phenols is 1. The predicted octanol–water partition coefficient (Wildman–Crippen LogP) is 4.46. The van der Waals surface area contributed by atoms with Gasteiger partial charge in [0.1, 0.15) is 47.0 Å². The van der Waals surface area contributed by atoms with Crippen LogP contribution < -0.4 is 18.9 Å². The van der Waals surface area contributed by atoms with Gasteiger partial charge in [-0.1, -0.05) is 5.57 Å². The molecule has 0 aliphatic carbocycles. The van der Waals surface area contributed by atoms with E-state index >= 15 is 0 Å². The number of allylic oxidation sites excluding steroid dienone is 1. The first-order chi connectivity index (χ1) is 13.4. The van der Waals surface area contributed by atoms with Crippen LogP contribution in [0.1, 0.15) is 42.3 Å². The highest BCUT2D eigenvalue weighted by Gasteiger charge is 2.32. The maximum absolute atomic E-state index is 12.7. The molecular weight excluding hydrogens is 360 g/mol. The summed E-state index contributed by atoms with van der Waals surface area (Å²) >= 11 is 0. The molecule has 0 amide bonds. The molecule has 1 atom stereocenters. The minimum absolute atomic E-state index is 0.0984. The van der Waals surface area contributed by atoms with Gasteiger partial charge >= 0.3 is 0 Å². The lowest BCUT2D eigenvalue weighted by molar-refractivity contribution is 0.0841. The molecule has 28 heavy (non-hydrogen) atoms. The van der Waals surface area contributed by atoms with Crippen LogP contribution in [-0.4, -0.2) is 31.7 Å². The van der Waals surface area contributed by atoms with E-state index in [0.29, 0.717) is 29.6 Å². The van der Waals surface area contributed by atoms with Crippen molar-refractivity contribution in [2.24, 2.45) is 0 Å². The maximum atomic E-state index is 12.7. The molecule has 0 aromatic heterocycles. The summed E-state index contributed by atoms with van der Waals surface area (Å²) in [6.45, 7) is 4.31. The summed E-state index contributed by atoms with van der Waals surface area (Å²) in [6, 6.07) is 8.42. The number of rotatable bonds is 6. The van der Waals surface area contributed by atoms with Gasteiger partial charge in [0.05, 0.1) is 20.6 Å². The van der Waals surface area contributed by atoms with Crippen LogP contribution in [0.15, 0.2) is 42.0 Å². The Kier molecular flexibility index (Phi) is 5.78. The third-order valence-corrected chi connectivity index (χ3v) is 4.50. The van der Waals surface area contributed by atoms with Crippen LogP contribution in [0.3, 0.4) is 0 Å². The Bertz CT molecular complexity index is 911. The molecule has 1 aliphatic heterocycles. The smallest absolute Gasteiger partial charge is 0.174 e. The van der Waals surface area contributed by atoms with Crippen LogP contribution in [0, 0.1) is 0 Å². The van der Waals surface area contributed by atoms with Crippen LogP contribution >= 0.6 is 0 Å². The molecule has 0 spiro atoms. The fraction of sp³-hybridized carbons (Fsp3) is 0.318. The molecule has 2 aromatic carbocycles. The summed E-state index contributed by atoms with van der Waals surface area (Å²) in [7, 11) is 3.13. The Balaban J connectivity index is 1.92. The van der Waals surface area contributed by atoms with Gasteiger partial charge in [-0.2, -0.15) is 0 Å². The molecule has 0 saturated carbocycles. The summed E-state index contributed by atoms with van der Waals surface area (Å²) in [5, 5.41) is 10.3. The van der Waals surface area contributed by atoms with Crippen molar-refractivity contribution < 1.29 is 28.8 Å². The normalized spacial score (nSPS) is 15.3. The first-order valence-corrected chi connectivity index (χ1v) is 8.98. The van der Waals surface area contributed by atoms with Crippen LogP contribution in [0.25, 0.3) is 0 Å². The van der Waals surface area contributed by atoms with E-state index in [4.69, 9.17) is 18.9 Å². The van der Waals surface area contributed by atoms with Gasteiger partial charge in [-0.05, 0) is 32.1 Å². The van der Waals surface area contributed by atoms with Gasteiger partial charge in [-0.3, -0.25) is 4.79 Å². The Morgan fingerprint density at radius 3 is 2.64 bits per heavy atom. The van der Waals surface area contributed by atoms with E-state index in [-0.39, 0.29) is 23.5 Å². The molecule has 0 saturated heterocycles. The highest BCUT2D eigenvalue weighted by atomic mass is 16.5. The second-order valence-electron chi connectivity index (χ2n) is 6.75. The minimum atomic E-state index is -0.534. The van der Waals surface area contributed by atoms with E-state index in [0.717, 1.165) is 11.1 Å². The van der Waals surface area contributed by atoms with Gasteiger partial charge in [0.15, 0.2) is 5.78 Å². The summed E-state index contributed by atoms with van der Waals surface area (Å²) in [5.41, 5.74) is 2.04. The molecule has 1 aliphatic rings. The number of carbonyl (C=O) groups is 1. The van der Waals surface area contributed by atoms with Crippen molar-refractivity contribution in [1.29, 1.82) is 0 Å². The van der Waals surface area contributed by atoms with Gasteiger partial charge in [0.2, 0.25) is 0 Å². The maximum Gasteiger partial charge on any atom is 0.174 e. The van der Waals surface area contributed by atoms with Crippen molar-refractivity contribution in [2.75, 3.05) is 20.8 Å². The third kappa shape index (κ3) is 4.06. The van der Waals surface area contributed by atoms with E-state index in [1.807, 2.05) is 26.0 Å². The number of carbonyl (C=O) groups excluding carboxylic acids is 1. The zero-order chi connectivity index (χ0) is 20.3. The van der Waals surface area contributed by atoms with E-state index < -0.39 is 6.10 Å². The Morgan fingerprint density at radius 1 is 1.18 bits per heavy atom. The average Bonchev–Trinajstić information content (AvgIpc) is 2.66. The monoisotopic (exact) mass is 384 g/mol. The molecule has 0 radical (unpaired) electrons. The largest absolute Gasteiger partial charge is 0.507 e. The lowest BCUT2D eigenvalue weighted by Crippen LogP contribution is -2.21. The number of hydrogen-bond donors (Lipinski definition) is 1. The molecule has 1 N–H and O–H groups in total. The standard InChI is InChI=1S/C22H24O6/c1-13(2)7-8-27-15-9-17(23)22-18(24)12-20(28-21(22)11-15)16-6-5-14(25-3)10-19(16)26-4/h5-7,9-11,20,23H,8,12H2,1-4H3. The van der Waals surface area contributed by atoms with Crippen molar-refractivity contribution in [3.8, 4) is 28.7 Å². The highest BCUT2D eigenvalue weighted by molar-refractivity contribution is 6.02. The van der Waals surface area contributed by atoms with Crippen molar-refractivity contribution in [3.05, 3.63) is 53.1 Å².